The molecule has 0 atom stereocenters. The average Bonchev–Trinajstić information content (AvgIpc) is 3.36. The number of nitro benzene ring substituents is 1. The number of thiazole rings is 1. The molecule has 2 heterocycles. The number of non-ortho nitro benzene ring substituents is 1. The summed E-state index contributed by atoms with van der Waals surface area (Å²) in [7, 11) is 0. The first-order valence-electron chi connectivity index (χ1n) is 10.7. The number of imidazole rings is 1. The minimum Gasteiger partial charge on any atom is -0.490 e. The van der Waals surface area contributed by atoms with Crippen LogP contribution in [0.4, 0.5) is 5.69 Å². The third kappa shape index (κ3) is 4.50. The second-order valence-electron chi connectivity index (χ2n) is 7.60. The van der Waals surface area contributed by atoms with Crippen LogP contribution in [0.25, 0.3) is 22.1 Å². The van der Waals surface area contributed by atoms with E-state index in [4.69, 9.17) is 9.47 Å². The summed E-state index contributed by atoms with van der Waals surface area (Å²) in [5, 5.41) is 10.8. The second kappa shape index (κ2) is 9.47. The minimum atomic E-state index is -0.439. The van der Waals surface area contributed by atoms with Gasteiger partial charge in [0.1, 0.15) is 6.61 Å². The van der Waals surface area contributed by atoms with Gasteiger partial charge < -0.3 is 9.47 Å². The highest BCUT2D eigenvalue weighted by molar-refractivity contribution is 9.10. The van der Waals surface area contributed by atoms with Crippen LogP contribution >= 0.6 is 27.3 Å². The van der Waals surface area contributed by atoms with E-state index in [1.165, 1.54) is 23.5 Å². The van der Waals surface area contributed by atoms with E-state index < -0.39 is 4.92 Å². The Labute approximate surface area is 211 Å². The predicted octanol–water partition coefficient (Wildman–Crippen LogP) is 5.11. The Morgan fingerprint density at radius 2 is 1.86 bits per heavy atom. The summed E-state index contributed by atoms with van der Waals surface area (Å²) >= 11 is 4.91. The highest BCUT2D eigenvalue weighted by Crippen LogP contribution is 2.35. The quantitative estimate of drug-likeness (QED) is 0.206. The van der Waals surface area contributed by atoms with E-state index in [2.05, 4.69) is 20.9 Å². The summed E-state index contributed by atoms with van der Waals surface area (Å²) in [6.07, 6.45) is 1.81. The third-order valence-electron chi connectivity index (χ3n) is 5.34. The smallest absolute Gasteiger partial charge is 0.274 e. The molecule has 0 bridgehead atoms. The fourth-order valence-corrected chi connectivity index (χ4v) is 5.09. The summed E-state index contributed by atoms with van der Waals surface area (Å²) in [5.41, 5.74) is 3.03. The Morgan fingerprint density at radius 1 is 1.11 bits per heavy atom. The van der Waals surface area contributed by atoms with Crippen LogP contribution in [-0.2, 0) is 6.61 Å². The number of nitrogens with zero attached hydrogens (tertiary/aromatic N) is 3. The predicted molar refractivity (Wildman–Crippen MR) is 138 cm³/mol. The molecule has 3 aromatic carbocycles. The molecular formula is C25H18BrN3O5S. The molecule has 0 fully saturated rings. The molecule has 176 valence electrons. The molecule has 5 rings (SSSR count). The van der Waals surface area contributed by atoms with E-state index in [1.807, 2.05) is 43.3 Å². The van der Waals surface area contributed by atoms with Gasteiger partial charge in [-0.2, -0.15) is 0 Å². The first kappa shape index (κ1) is 23.0. The zero-order chi connectivity index (χ0) is 24.5. The summed E-state index contributed by atoms with van der Waals surface area (Å²) in [6, 6.07) is 17.4. The van der Waals surface area contributed by atoms with Crippen molar-refractivity contribution >= 4 is 55.0 Å². The molecule has 0 aliphatic carbocycles. The highest BCUT2D eigenvalue weighted by atomic mass is 79.9. The molecule has 0 saturated carbocycles. The number of aromatic nitrogens is 2. The van der Waals surface area contributed by atoms with Gasteiger partial charge >= 0.3 is 0 Å². The number of ether oxygens (including phenoxy) is 2. The number of para-hydroxylation sites is 2. The molecule has 0 unspecified atom stereocenters. The van der Waals surface area contributed by atoms with Gasteiger partial charge in [0.25, 0.3) is 11.2 Å². The molecule has 0 radical (unpaired) electrons. The van der Waals surface area contributed by atoms with Crippen molar-refractivity contribution in [1.29, 1.82) is 0 Å². The van der Waals surface area contributed by atoms with Crippen LogP contribution < -0.4 is 19.6 Å². The topological polar surface area (TPSA) is 96.0 Å². The van der Waals surface area contributed by atoms with E-state index in [0.29, 0.717) is 27.6 Å². The summed E-state index contributed by atoms with van der Waals surface area (Å²) in [4.78, 5) is 28.7. The molecule has 0 saturated heterocycles. The summed E-state index contributed by atoms with van der Waals surface area (Å²) in [5.74, 6) is 1.05. The maximum Gasteiger partial charge on any atom is 0.274 e. The number of benzene rings is 3. The fraction of sp³-hybridized carbons (Fsp3) is 0.120. The van der Waals surface area contributed by atoms with Crippen molar-refractivity contribution in [3.63, 3.8) is 0 Å². The Kier molecular flexibility index (Phi) is 6.23. The molecule has 0 aliphatic rings. The molecule has 10 heteroatoms. The first-order valence-corrected chi connectivity index (χ1v) is 12.3. The van der Waals surface area contributed by atoms with Gasteiger partial charge in [-0.1, -0.05) is 39.4 Å². The number of hydrogen-bond donors (Lipinski definition) is 0. The highest BCUT2D eigenvalue weighted by Gasteiger charge is 2.14. The number of fused-ring (bicyclic) bond motifs is 3. The number of hydrogen-bond acceptors (Lipinski definition) is 7. The van der Waals surface area contributed by atoms with Crippen LogP contribution in [0.5, 0.6) is 11.5 Å². The van der Waals surface area contributed by atoms with E-state index >= 15 is 0 Å². The van der Waals surface area contributed by atoms with Gasteiger partial charge in [0.05, 0.1) is 27.1 Å². The Bertz CT molecular complexity index is 1680. The van der Waals surface area contributed by atoms with Crippen LogP contribution in [-0.4, -0.2) is 20.9 Å². The SMILES string of the molecule is CCOc1cc(/C=c2\sc3nc4ccccc4n3c2=O)c(Br)cc1OCc1ccc([N+](=O)[O-])cc1. The maximum absolute atomic E-state index is 13.1. The first-order chi connectivity index (χ1) is 16.9. The van der Waals surface area contributed by atoms with Crippen molar-refractivity contribution in [2.75, 3.05) is 6.61 Å². The van der Waals surface area contributed by atoms with Crippen LogP contribution in [0.2, 0.25) is 0 Å². The molecule has 0 spiro atoms. The Morgan fingerprint density at radius 3 is 2.60 bits per heavy atom. The maximum atomic E-state index is 13.1. The van der Waals surface area contributed by atoms with Crippen LogP contribution in [0.15, 0.2) is 69.9 Å². The average molecular weight is 552 g/mol. The minimum absolute atomic E-state index is 0.0261. The van der Waals surface area contributed by atoms with Gasteiger partial charge in [-0.3, -0.25) is 14.9 Å². The van der Waals surface area contributed by atoms with E-state index in [9.17, 15) is 14.9 Å². The zero-order valence-electron chi connectivity index (χ0n) is 18.4. The lowest BCUT2D eigenvalue weighted by Crippen LogP contribution is -2.22. The molecule has 0 amide bonds. The van der Waals surface area contributed by atoms with Crippen molar-refractivity contribution in [1.82, 2.24) is 9.38 Å². The van der Waals surface area contributed by atoms with Crippen LogP contribution in [0.1, 0.15) is 18.1 Å². The monoisotopic (exact) mass is 551 g/mol. The van der Waals surface area contributed by atoms with E-state index in [-0.39, 0.29) is 17.9 Å². The second-order valence-corrected chi connectivity index (χ2v) is 9.46. The lowest BCUT2D eigenvalue weighted by molar-refractivity contribution is -0.384. The molecule has 8 nitrogen and oxygen atoms in total. The van der Waals surface area contributed by atoms with Gasteiger partial charge in [0.2, 0.25) is 0 Å². The molecular weight excluding hydrogens is 534 g/mol. The molecule has 2 aromatic heterocycles. The van der Waals surface area contributed by atoms with Crippen molar-refractivity contribution < 1.29 is 14.4 Å². The van der Waals surface area contributed by atoms with Gasteiger partial charge in [-0.15, -0.1) is 0 Å². The van der Waals surface area contributed by atoms with Crippen molar-refractivity contribution in [2.24, 2.45) is 0 Å². The fourth-order valence-electron chi connectivity index (χ4n) is 3.67. The van der Waals surface area contributed by atoms with Gasteiger partial charge in [-0.05, 0) is 60.5 Å². The summed E-state index contributed by atoms with van der Waals surface area (Å²) in [6.45, 7) is 2.52. The molecule has 35 heavy (non-hydrogen) atoms. The van der Waals surface area contributed by atoms with Crippen molar-refractivity contribution in [2.45, 2.75) is 13.5 Å². The van der Waals surface area contributed by atoms with E-state index in [1.54, 1.807) is 22.6 Å². The lowest BCUT2D eigenvalue weighted by Gasteiger charge is -2.14. The Balaban J connectivity index is 1.48. The normalized spacial score (nSPS) is 11.9. The van der Waals surface area contributed by atoms with E-state index in [0.717, 1.165) is 26.6 Å². The molecule has 5 aromatic rings. The molecule has 0 aliphatic heterocycles. The van der Waals surface area contributed by atoms with Crippen molar-refractivity contribution in [3.8, 4) is 11.5 Å². The van der Waals surface area contributed by atoms with Gasteiger partial charge in [0, 0.05) is 16.6 Å². The number of rotatable bonds is 7. The van der Waals surface area contributed by atoms with Crippen LogP contribution in [0.3, 0.4) is 0 Å². The molecule has 0 N–H and O–H groups in total. The Hall–Kier alpha value is -3.76. The van der Waals surface area contributed by atoms with Gasteiger partial charge in [-0.25, -0.2) is 9.38 Å². The third-order valence-corrected chi connectivity index (χ3v) is 6.99. The largest absolute Gasteiger partial charge is 0.490 e. The standard InChI is InChI=1S/C25H18BrN3O5S/c1-2-33-21-11-16(12-23-24(30)28-20-6-4-3-5-19(20)27-25(28)35-23)18(26)13-22(21)34-14-15-7-9-17(10-8-15)29(31)32/h3-13H,2,14H2,1H3/b23-12-. The number of nitro groups is 1. The summed E-state index contributed by atoms with van der Waals surface area (Å²) < 4.78 is 14.7. The number of halogens is 1. The lowest BCUT2D eigenvalue weighted by atomic mass is 10.2. The van der Waals surface area contributed by atoms with Crippen molar-refractivity contribution in [3.05, 3.63) is 101 Å². The van der Waals surface area contributed by atoms with Gasteiger partial charge in [0.15, 0.2) is 16.5 Å². The zero-order valence-corrected chi connectivity index (χ0v) is 20.8. The van der Waals surface area contributed by atoms with Crippen LogP contribution in [0, 0.1) is 10.1 Å².